The molecule has 1 N–H and O–H groups in total. The highest BCUT2D eigenvalue weighted by Crippen LogP contribution is 1.99. The lowest BCUT2D eigenvalue weighted by Gasteiger charge is -2.10. The molecule has 0 aromatic carbocycles. The lowest BCUT2D eigenvalue weighted by Crippen LogP contribution is -2.28. The molecule has 0 saturated carbocycles. The summed E-state index contributed by atoms with van der Waals surface area (Å²) < 4.78 is 6.22. The predicted octanol–water partition coefficient (Wildman–Crippen LogP) is 0.116. The van der Waals surface area contributed by atoms with Crippen LogP contribution in [0.3, 0.4) is 0 Å². The number of ether oxygens (including phenoxy) is 1. The van der Waals surface area contributed by atoms with Gasteiger partial charge < -0.3 is 9.84 Å². The maximum Gasteiger partial charge on any atom is 0.336 e. The van der Waals surface area contributed by atoms with Crippen LogP contribution in [0.15, 0.2) is 12.3 Å². The van der Waals surface area contributed by atoms with Gasteiger partial charge in [-0.2, -0.15) is 5.10 Å². The van der Waals surface area contributed by atoms with Gasteiger partial charge in [-0.3, -0.25) is 4.68 Å². The minimum Gasteiger partial charge on any atom is -0.464 e. The van der Waals surface area contributed by atoms with E-state index in [1.165, 1.54) is 0 Å². The van der Waals surface area contributed by atoms with E-state index >= 15 is 0 Å². The summed E-state index contributed by atoms with van der Waals surface area (Å²) in [4.78, 5) is 11.1. The Morgan fingerprint density at radius 3 is 3.00 bits per heavy atom. The molecule has 0 saturated heterocycles. The van der Waals surface area contributed by atoms with Crippen LogP contribution in [0.2, 0.25) is 0 Å². The van der Waals surface area contributed by atoms with Gasteiger partial charge in [0, 0.05) is 11.9 Å². The lowest BCUT2D eigenvalue weighted by atomic mass is 10.3. The number of rotatable bonds is 4. The SMILES string of the molecule is CCOC(=O)C(O)Cn1nccc1C. The molecule has 78 valence electrons. The molecule has 1 rings (SSSR count). The molecular formula is C9H14N2O3. The van der Waals surface area contributed by atoms with Crippen molar-refractivity contribution >= 4 is 5.97 Å². The van der Waals surface area contributed by atoms with E-state index in [2.05, 4.69) is 9.84 Å². The minimum absolute atomic E-state index is 0.137. The molecule has 5 nitrogen and oxygen atoms in total. The van der Waals surface area contributed by atoms with Gasteiger partial charge >= 0.3 is 5.97 Å². The molecule has 0 aliphatic rings. The molecule has 0 bridgehead atoms. The smallest absolute Gasteiger partial charge is 0.336 e. The van der Waals surface area contributed by atoms with Crippen molar-refractivity contribution in [1.29, 1.82) is 0 Å². The van der Waals surface area contributed by atoms with Crippen LogP contribution in [0.4, 0.5) is 0 Å². The third-order valence-corrected chi connectivity index (χ3v) is 1.83. The molecule has 14 heavy (non-hydrogen) atoms. The maximum absolute atomic E-state index is 11.1. The number of carbonyl (C=O) groups is 1. The molecule has 0 aliphatic carbocycles. The minimum atomic E-state index is -1.14. The van der Waals surface area contributed by atoms with Gasteiger partial charge in [-0.05, 0) is 19.9 Å². The van der Waals surface area contributed by atoms with Crippen molar-refractivity contribution in [2.45, 2.75) is 26.5 Å². The average Bonchev–Trinajstić information content (AvgIpc) is 2.52. The van der Waals surface area contributed by atoms with Crippen LogP contribution in [-0.2, 0) is 16.1 Å². The molecule has 1 heterocycles. The fourth-order valence-corrected chi connectivity index (χ4v) is 1.07. The standard InChI is InChI=1S/C9H14N2O3/c1-3-14-9(13)8(12)6-11-7(2)4-5-10-11/h4-5,8,12H,3,6H2,1-2H3. The zero-order valence-corrected chi connectivity index (χ0v) is 8.30. The number of esters is 1. The Bertz CT molecular complexity index is 309. The number of hydrogen-bond acceptors (Lipinski definition) is 4. The molecule has 1 atom stereocenters. The van der Waals surface area contributed by atoms with Crippen LogP contribution < -0.4 is 0 Å². The second-order valence-corrected chi connectivity index (χ2v) is 2.92. The molecule has 0 radical (unpaired) electrons. The summed E-state index contributed by atoms with van der Waals surface area (Å²) in [5.74, 6) is -0.609. The summed E-state index contributed by atoms with van der Waals surface area (Å²) >= 11 is 0. The second kappa shape index (κ2) is 4.76. The first-order chi connectivity index (χ1) is 6.65. The van der Waals surface area contributed by atoms with Gasteiger partial charge in [0.05, 0.1) is 13.2 Å². The van der Waals surface area contributed by atoms with E-state index < -0.39 is 12.1 Å². The van der Waals surface area contributed by atoms with Gasteiger partial charge in [0.2, 0.25) is 0 Å². The van der Waals surface area contributed by atoms with Crippen molar-refractivity contribution in [2.24, 2.45) is 0 Å². The van der Waals surface area contributed by atoms with Crippen molar-refractivity contribution < 1.29 is 14.6 Å². The number of aliphatic hydroxyl groups excluding tert-OH is 1. The van der Waals surface area contributed by atoms with Crippen molar-refractivity contribution in [1.82, 2.24) is 9.78 Å². The summed E-state index contributed by atoms with van der Waals surface area (Å²) in [5.41, 5.74) is 0.897. The topological polar surface area (TPSA) is 64.3 Å². The van der Waals surface area contributed by atoms with Crippen molar-refractivity contribution in [3.05, 3.63) is 18.0 Å². The van der Waals surface area contributed by atoms with Crippen LogP contribution >= 0.6 is 0 Å². The molecule has 5 heteroatoms. The summed E-state index contributed by atoms with van der Waals surface area (Å²) in [5, 5.41) is 13.4. The first kappa shape index (κ1) is 10.7. The third kappa shape index (κ3) is 2.56. The fraction of sp³-hybridized carbons (Fsp3) is 0.556. The molecule has 0 amide bonds. The van der Waals surface area contributed by atoms with Gasteiger partial charge in [-0.1, -0.05) is 0 Å². The van der Waals surface area contributed by atoms with Gasteiger partial charge in [-0.15, -0.1) is 0 Å². The molecule has 1 unspecified atom stereocenters. The van der Waals surface area contributed by atoms with Gasteiger partial charge in [0.15, 0.2) is 6.10 Å². The number of aryl methyl sites for hydroxylation is 1. The Hall–Kier alpha value is -1.36. The van der Waals surface area contributed by atoms with Crippen LogP contribution in [0.25, 0.3) is 0 Å². The summed E-state index contributed by atoms with van der Waals surface area (Å²) in [6, 6.07) is 1.80. The number of nitrogens with zero attached hydrogens (tertiary/aromatic N) is 2. The van der Waals surface area contributed by atoms with E-state index in [0.717, 1.165) is 5.69 Å². The number of hydrogen-bond donors (Lipinski definition) is 1. The lowest BCUT2D eigenvalue weighted by molar-refractivity contribution is -0.153. The third-order valence-electron chi connectivity index (χ3n) is 1.83. The predicted molar refractivity (Wildman–Crippen MR) is 49.6 cm³/mol. The first-order valence-electron chi connectivity index (χ1n) is 4.48. The molecule has 0 spiro atoms. The number of aromatic nitrogens is 2. The quantitative estimate of drug-likeness (QED) is 0.698. The van der Waals surface area contributed by atoms with Gasteiger partial charge in [0.1, 0.15) is 0 Å². The Kier molecular flexibility index (Phi) is 3.64. The Balaban J connectivity index is 2.52. The Labute approximate surface area is 82.3 Å². The van der Waals surface area contributed by atoms with E-state index in [1.54, 1.807) is 23.9 Å². The van der Waals surface area contributed by atoms with Crippen molar-refractivity contribution in [2.75, 3.05) is 6.61 Å². The second-order valence-electron chi connectivity index (χ2n) is 2.92. The normalized spacial score (nSPS) is 12.5. The van der Waals surface area contributed by atoms with Gasteiger partial charge in [0.25, 0.3) is 0 Å². The van der Waals surface area contributed by atoms with Crippen LogP contribution in [0, 0.1) is 6.92 Å². The van der Waals surface area contributed by atoms with Gasteiger partial charge in [-0.25, -0.2) is 4.79 Å². The van der Waals surface area contributed by atoms with E-state index in [0.29, 0.717) is 0 Å². The van der Waals surface area contributed by atoms with E-state index in [-0.39, 0.29) is 13.2 Å². The highest BCUT2D eigenvalue weighted by Gasteiger charge is 2.17. The zero-order chi connectivity index (χ0) is 10.6. The van der Waals surface area contributed by atoms with Crippen LogP contribution in [-0.4, -0.2) is 33.6 Å². The Morgan fingerprint density at radius 1 is 1.79 bits per heavy atom. The first-order valence-corrected chi connectivity index (χ1v) is 4.48. The summed E-state index contributed by atoms with van der Waals surface area (Å²) in [6.45, 7) is 3.96. The fourth-order valence-electron chi connectivity index (χ4n) is 1.07. The van der Waals surface area contributed by atoms with Crippen molar-refractivity contribution in [3.63, 3.8) is 0 Å². The van der Waals surface area contributed by atoms with E-state index in [1.807, 2.05) is 6.92 Å². The largest absolute Gasteiger partial charge is 0.464 e. The van der Waals surface area contributed by atoms with Crippen LogP contribution in [0.5, 0.6) is 0 Å². The zero-order valence-electron chi connectivity index (χ0n) is 8.30. The summed E-state index contributed by atoms with van der Waals surface area (Å²) in [7, 11) is 0. The highest BCUT2D eigenvalue weighted by atomic mass is 16.5. The maximum atomic E-state index is 11.1. The summed E-state index contributed by atoms with van der Waals surface area (Å²) in [6.07, 6.45) is 0.473. The highest BCUT2D eigenvalue weighted by molar-refractivity contribution is 5.74. The molecule has 0 aliphatic heterocycles. The van der Waals surface area contributed by atoms with E-state index in [4.69, 9.17) is 0 Å². The van der Waals surface area contributed by atoms with Crippen LogP contribution in [0.1, 0.15) is 12.6 Å². The molecule has 0 fully saturated rings. The number of aliphatic hydroxyl groups is 1. The average molecular weight is 198 g/mol. The Morgan fingerprint density at radius 2 is 2.50 bits per heavy atom. The monoisotopic (exact) mass is 198 g/mol. The molecular weight excluding hydrogens is 184 g/mol. The number of carbonyl (C=O) groups excluding carboxylic acids is 1. The van der Waals surface area contributed by atoms with Crippen molar-refractivity contribution in [3.8, 4) is 0 Å². The molecule has 1 aromatic rings. The molecule has 1 aromatic heterocycles. The van der Waals surface area contributed by atoms with E-state index in [9.17, 15) is 9.90 Å².